The fourth-order valence-corrected chi connectivity index (χ4v) is 2.54. The molecule has 0 spiro atoms. The van der Waals surface area contributed by atoms with Gasteiger partial charge in [0.1, 0.15) is 5.75 Å². The van der Waals surface area contributed by atoms with Gasteiger partial charge in [-0.25, -0.2) is 0 Å². The number of aliphatic imine (C=N–C) groups is 1. The lowest BCUT2D eigenvalue weighted by atomic mass is 10.2. The lowest BCUT2D eigenvalue weighted by Crippen LogP contribution is -2.01. The molecule has 1 aromatic rings. The molecule has 94 valence electrons. The molecule has 0 atom stereocenters. The van der Waals surface area contributed by atoms with Crippen molar-refractivity contribution in [2.75, 3.05) is 6.61 Å². The summed E-state index contributed by atoms with van der Waals surface area (Å²) in [5, 5.41) is 0.277. The van der Waals surface area contributed by atoms with E-state index in [4.69, 9.17) is 10.5 Å². The van der Waals surface area contributed by atoms with Gasteiger partial charge in [-0.1, -0.05) is 15.9 Å². The monoisotopic (exact) mass is 326 g/mol. The molecule has 18 heavy (non-hydrogen) atoms. The zero-order valence-corrected chi connectivity index (χ0v) is 12.0. The fourth-order valence-electron chi connectivity index (χ4n) is 1.49. The molecule has 0 aliphatic carbocycles. The van der Waals surface area contributed by atoms with Crippen LogP contribution in [0.5, 0.6) is 5.75 Å². The minimum absolute atomic E-state index is 0.277. The number of rotatable bonds is 3. The summed E-state index contributed by atoms with van der Waals surface area (Å²) in [6.45, 7) is 2.48. The third-order valence-corrected chi connectivity index (χ3v) is 3.50. The lowest BCUT2D eigenvalue weighted by molar-refractivity contribution is -0.113. The van der Waals surface area contributed by atoms with E-state index in [-0.39, 0.29) is 11.1 Å². The molecule has 1 amide bonds. The Morgan fingerprint density at radius 1 is 1.56 bits per heavy atom. The first kappa shape index (κ1) is 13.2. The number of amides is 1. The Morgan fingerprint density at radius 3 is 2.94 bits per heavy atom. The Hall–Kier alpha value is -1.27. The molecule has 4 nitrogen and oxygen atoms in total. The van der Waals surface area contributed by atoms with E-state index < -0.39 is 0 Å². The van der Waals surface area contributed by atoms with Crippen LogP contribution in [0, 0.1) is 0 Å². The number of nitrogens with two attached hydrogens (primary N) is 1. The molecular formula is C12H11BrN2O2S. The quantitative estimate of drug-likeness (QED) is 0.867. The van der Waals surface area contributed by atoms with Crippen LogP contribution in [0.1, 0.15) is 12.5 Å². The van der Waals surface area contributed by atoms with Gasteiger partial charge in [-0.05, 0) is 43.0 Å². The highest BCUT2D eigenvalue weighted by atomic mass is 79.9. The Balaban J connectivity index is 2.36. The Bertz CT molecular complexity index is 555. The number of hydrogen-bond acceptors (Lipinski definition) is 4. The van der Waals surface area contributed by atoms with Gasteiger partial charge in [0, 0.05) is 10.0 Å². The second kappa shape index (κ2) is 5.58. The molecule has 0 radical (unpaired) electrons. The maximum Gasteiger partial charge on any atom is 0.286 e. The van der Waals surface area contributed by atoms with E-state index in [1.54, 1.807) is 6.08 Å². The minimum atomic E-state index is -0.306. The molecule has 1 heterocycles. The zero-order chi connectivity index (χ0) is 13.1. The highest BCUT2D eigenvalue weighted by Gasteiger charge is 2.20. The van der Waals surface area contributed by atoms with E-state index in [2.05, 4.69) is 20.9 Å². The zero-order valence-electron chi connectivity index (χ0n) is 9.64. The predicted octanol–water partition coefficient (Wildman–Crippen LogP) is 2.78. The number of halogens is 1. The number of nitrogens with zero attached hydrogens (tertiary/aromatic N) is 1. The van der Waals surface area contributed by atoms with Crippen LogP contribution in [0.4, 0.5) is 0 Å². The van der Waals surface area contributed by atoms with Crippen LogP contribution in [0.2, 0.25) is 0 Å². The first-order chi connectivity index (χ1) is 8.60. The van der Waals surface area contributed by atoms with Crippen molar-refractivity contribution in [3.63, 3.8) is 0 Å². The average Bonchev–Trinajstić information content (AvgIpc) is 2.61. The third kappa shape index (κ3) is 2.94. The van der Waals surface area contributed by atoms with Crippen molar-refractivity contribution in [1.29, 1.82) is 0 Å². The maximum absolute atomic E-state index is 11.5. The summed E-state index contributed by atoms with van der Waals surface area (Å²) in [4.78, 5) is 15.7. The van der Waals surface area contributed by atoms with Crippen LogP contribution < -0.4 is 10.5 Å². The summed E-state index contributed by atoms with van der Waals surface area (Å²) in [5.74, 6) is 0.423. The first-order valence-corrected chi connectivity index (χ1v) is 6.91. The van der Waals surface area contributed by atoms with E-state index in [9.17, 15) is 4.79 Å². The molecular weight excluding hydrogens is 316 g/mol. The molecule has 0 saturated carbocycles. The second-order valence-corrected chi connectivity index (χ2v) is 5.46. The lowest BCUT2D eigenvalue weighted by Gasteiger charge is -2.07. The summed E-state index contributed by atoms with van der Waals surface area (Å²) in [7, 11) is 0. The molecule has 1 aromatic carbocycles. The summed E-state index contributed by atoms with van der Waals surface area (Å²) >= 11 is 4.56. The van der Waals surface area contributed by atoms with Crippen LogP contribution in [0.15, 0.2) is 32.6 Å². The van der Waals surface area contributed by atoms with Crippen molar-refractivity contribution in [3.05, 3.63) is 33.1 Å². The molecule has 2 rings (SSSR count). The van der Waals surface area contributed by atoms with Gasteiger partial charge in [0.05, 0.1) is 11.5 Å². The molecule has 1 aliphatic rings. The molecule has 0 aromatic heterocycles. The Kier molecular flexibility index (Phi) is 4.08. The number of thioether (sulfide) groups is 1. The fraction of sp³-hybridized carbons (Fsp3) is 0.167. The SMILES string of the molecule is CCOc1ccc(Br)cc1/C=C1\SC(N)=NC1=O. The van der Waals surface area contributed by atoms with Gasteiger partial charge >= 0.3 is 0 Å². The van der Waals surface area contributed by atoms with Gasteiger partial charge < -0.3 is 10.5 Å². The summed E-state index contributed by atoms with van der Waals surface area (Å²) in [5.41, 5.74) is 6.33. The summed E-state index contributed by atoms with van der Waals surface area (Å²) in [6.07, 6.45) is 1.74. The number of ether oxygens (including phenoxy) is 1. The number of amidine groups is 1. The second-order valence-electron chi connectivity index (χ2n) is 3.48. The predicted molar refractivity (Wildman–Crippen MR) is 77.5 cm³/mol. The molecule has 2 N–H and O–H groups in total. The Morgan fingerprint density at radius 2 is 2.33 bits per heavy atom. The molecule has 0 saturated heterocycles. The molecule has 0 bridgehead atoms. The topological polar surface area (TPSA) is 64.7 Å². The standard InChI is InChI=1S/C12H11BrN2O2S/c1-2-17-9-4-3-8(13)5-7(9)6-10-11(16)15-12(14)18-10/h3-6H,2H2,1H3,(H2,14,15,16)/b10-6-. The smallest absolute Gasteiger partial charge is 0.286 e. The van der Waals surface area contributed by atoms with Gasteiger partial charge in [-0.3, -0.25) is 4.79 Å². The van der Waals surface area contributed by atoms with Crippen LogP contribution >= 0.6 is 27.7 Å². The number of carbonyl (C=O) groups excluding carboxylic acids is 1. The van der Waals surface area contributed by atoms with Crippen molar-refractivity contribution in [1.82, 2.24) is 0 Å². The van der Waals surface area contributed by atoms with Crippen molar-refractivity contribution >= 4 is 44.8 Å². The van der Waals surface area contributed by atoms with E-state index in [0.717, 1.165) is 15.8 Å². The normalized spacial score (nSPS) is 17.1. The largest absolute Gasteiger partial charge is 0.493 e. The molecule has 0 fully saturated rings. The van der Waals surface area contributed by atoms with Gasteiger partial charge in [0.25, 0.3) is 5.91 Å². The van der Waals surface area contributed by atoms with Crippen LogP contribution in [-0.2, 0) is 4.79 Å². The van der Waals surface area contributed by atoms with Crippen molar-refractivity contribution in [2.24, 2.45) is 10.7 Å². The summed E-state index contributed by atoms with van der Waals surface area (Å²) < 4.78 is 6.43. The van der Waals surface area contributed by atoms with Crippen molar-refractivity contribution in [2.45, 2.75) is 6.92 Å². The average molecular weight is 327 g/mol. The van der Waals surface area contributed by atoms with E-state index in [1.807, 2.05) is 25.1 Å². The van der Waals surface area contributed by atoms with Crippen LogP contribution in [-0.4, -0.2) is 17.7 Å². The van der Waals surface area contributed by atoms with Gasteiger partial charge in [0.15, 0.2) is 5.17 Å². The molecule has 0 unspecified atom stereocenters. The third-order valence-electron chi connectivity index (χ3n) is 2.20. The first-order valence-electron chi connectivity index (χ1n) is 5.30. The molecule has 6 heteroatoms. The van der Waals surface area contributed by atoms with Gasteiger partial charge in [-0.15, -0.1) is 0 Å². The van der Waals surface area contributed by atoms with Crippen LogP contribution in [0.25, 0.3) is 6.08 Å². The number of carbonyl (C=O) groups is 1. The van der Waals surface area contributed by atoms with E-state index in [0.29, 0.717) is 11.5 Å². The highest BCUT2D eigenvalue weighted by Crippen LogP contribution is 2.31. The number of benzene rings is 1. The van der Waals surface area contributed by atoms with Gasteiger partial charge in [0.2, 0.25) is 0 Å². The van der Waals surface area contributed by atoms with Crippen molar-refractivity contribution < 1.29 is 9.53 Å². The molecule has 1 aliphatic heterocycles. The van der Waals surface area contributed by atoms with Gasteiger partial charge in [-0.2, -0.15) is 4.99 Å². The van der Waals surface area contributed by atoms with Crippen molar-refractivity contribution in [3.8, 4) is 5.75 Å². The van der Waals surface area contributed by atoms with Crippen LogP contribution in [0.3, 0.4) is 0 Å². The van der Waals surface area contributed by atoms with E-state index in [1.165, 1.54) is 11.8 Å². The summed E-state index contributed by atoms with van der Waals surface area (Å²) in [6, 6.07) is 5.64. The minimum Gasteiger partial charge on any atom is -0.493 e. The highest BCUT2D eigenvalue weighted by molar-refractivity contribution is 9.10. The number of hydrogen-bond donors (Lipinski definition) is 1. The Labute approximate surface area is 117 Å². The maximum atomic E-state index is 11.5. The van der Waals surface area contributed by atoms with E-state index >= 15 is 0 Å².